The van der Waals surface area contributed by atoms with Crippen LogP contribution in [0.1, 0.15) is 49.4 Å². The van der Waals surface area contributed by atoms with E-state index in [4.69, 9.17) is 0 Å². The second-order valence-electron chi connectivity index (χ2n) is 4.72. The summed E-state index contributed by atoms with van der Waals surface area (Å²) in [5.74, 6) is 0.937. The molecule has 1 saturated carbocycles. The highest BCUT2D eigenvalue weighted by Gasteiger charge is 2.20. The Labute approximate surface area is 111 Å². The van der Waals surface area contributed by atoms with E-state index < -0.39 is 0 Å². The van der Waals surface area contributed by atoms with E-state index in [2.05, 4.69) is 40.4 Å². The van der Waals surface area contributed by atoms with Gasteiger partial charge in [0.2, 0.25) is 0 Å². The fraction of sp³-hybridized carbons (Fsp3) is 0.692. The summed E-state index contributed by atoms with van der Waals surface area (Å²) >= 11 is 5.41. The molecule has 1 unspecified atom stereocenters. The summed E-state index contributed by atoms with van der Waals surface area (Å²) < 4.78 is 1.24. The van der Waals surface area contributed by atoms with Crippen molar-refractivity contribution in [2.24, 2.45) is 5.92 Å². The lowest BCUT2D eigenvalue weighted by molar-refractivity contribution is 0.307. The largest absolute Gasteiger partial charge is 0.312 e. The van der Waals surface area contributed by atoms with Gasteiger partial charge < -0.3 is 5.32 Å². The van der Waals surface area contributed by atoms with Gasteiger partial charge in [0.15, 0.2) is 0 Å². The molecule has 1 aromatic heterocycles. The highest BCUT2D eigenvalue weighted by molar-refractivity contribution is 9.11. The predicted molar refractivity (Wildman–Crippen MR) is 75.0 cm³/mol. The zero-order valence-electron chi connectivity index (χ0n) is 9.84. The maximum absolute atomic E-state index is 3.55. The first-order valence-electron chi connectivity index (χ1n) is 6.22. The minimum absolute atomic E-state index is 0.555. The van der Waals surface area contributed by atoms with Gasteiger partial charge >= 0.3 is 0 Å². The van der Waals surface area contributed by atoms with Crippen LogP contribution in [-0.4, -0.2) is 7.05 Å². The van der Waals surface area contributed by atoms with Crippen molar-refractivity contribution in [2.75, 3.05) is 7.05 Å². The maximum atomic E-state index is 3.55. The molecule has 0 amide bonds. The lowest BCUT2D eigenvalue weighted by atomic mass is 9.84. The molecule has 1 aromatic rings. The molecule has 1 nitrogen and oxygen atoms in total. The van der Waals surface area contributed by atoms with Gasteiger partial charge in [0.25, 0.3) is 0 Å². The molecule has 0 saturated heterocycles. The molecule has 1 aliphatic rings. The first-order valence-corrected chi connectivity index (χ1v) is 7.83. The van der Waals surface area contributed by atoms with Gasteiger partial charge in [0.1, 0.15) is 0 Å². The Morgan fingerprint density at radius 2 is 2.12 bits per heavy atom. The van der Waals surface area contributed by atoms with Crippen LogP contribution in [0.4, 0.5) is 0 Å². The summed E-state index contributed by atoms with van der Waals surface area (Å²) in [6.07, 6.45) is 8.51. The molecule has 3 heteroatoms. The molecule has 1 fully saturated rings. The number of rotatable bonds is 4. The number of hydrogen-bond donors (Lipinski definition) is 1. The Hall–Kier alpha value is 0.140. The molecule has 1 atom stereocenters. The molecule has 16 heavy (non-hydrogen) atoms. The van der Waals surface area contributed by atoms with Crippen LogP contribution in [0.3, 0.4) is 0 Å². The van der Waals surface area contributed by atoms with Crippen molar-refractivity contribution in [3.8, 4) is 0 Å². The van der Waals surface area contributed by atoms with Gasteiger partial charge in [-0.05, 0) is 47.4 Å². The third-order valence-corrected chi connectivity index (χ3v) is 5.32. The van der Waals surface area contributed by atoms with E-state index in [1.807, 2.05) is 11.3 Å². The van der Waals surface area contributed by atoms with Crippen molar-refractivity contribution in [3.05, 3.63) is 20.8 Å². The first-order chi connectivity index (χ1) is 7.79. The minimum Gasteiger partial charge on any atom is -0.312 e. The number of thiophene rings is 1. The lowest BCUT2D eigenvalue weighted by Gasteiger charge is -2.25. The first kappa shape index (κ1) is 12.6. The molecule has 2 rings (SSSR count). The number of halogens is 1. The molecule has 0 aliphatic heterocycles. The summed E-state index contributed by atoms with van der Waals surface area (Å²) in [5.41, 5.74) is 0. The molecular formula is C13H20BrNS. The van der Waals surface area contributed by atoms with Crippen LogP contribution < -0.4 is 5.32 Å². The number of hydrogen-bond acceptors (Lipinski definition) is 2. The van der Waals surface area contributed by atoms with Crippen molar-refractivity contribution < 1.29 is 0 Å². The second-order valence-corrected chi connectivity index (χ2v) is 7.22. The van der Waals surface area contributed by atoms with Crippen LogP contribution in [0.25, 0.3) is 0 Å². The van der Waals surface area contributed by atoms with Gasteiger partial charge in [-0.15, -0.1) is 11.3 Å². The summed E-state index contributed by atoms with van der Waals surface area (Å²) in [5, 5.41) is 3.47. The van der Waals surface area contributed by atoms with Crippen LogP contribution in [0.5, 0.6) is 0 Å². The quantitative estimate of drug-likeness (QED) is 0.847. The normalized spacial score (nSPS) is 19.9. The summed E-state index contributed by atoms with van der Waals surface area (Å²) in [6.45, 7) is 0. The van der Waals surface area contributed by atoms with E-state index in [1.165, 1.54) is 47.2 Å². The van der Waals surface area contributed by atoms with Gasteiger partial charge in [-0.25, -0.2) is 0 Å². The van der Waals surface area contributed by atoms with Crippen molar-refractivity contribution in [3.63, 3.8) is 0 Å². The highest BCUT2D eigenvalue weighted by atomic mass is 79.9. The highest BCUT2D eigenvalue weighted by Crippen LogP contribution is 2.35. The van der Waals surface area contributed by atoms with Gasteiger partial charge in [0.05, 0.1) is 3.79 Å². The zero-order valence-corrected chi connectivity index (χ0v) is 12.2. The van der Waals surface area contributed by atoms with E-state index in [0.717, 1.165) is 5.92 Å². The second kappa shape index (κ2) is 6.18. The Balaban J connectivity index is 1.94. The standard InChI is InChI=1S/C13H20BrNS/c1-15-11(12-7-8-13(14)16-12)9-10-5-3-2-4-6-10/h7-8,10-11,15H,2-6,9H2,1H3. The summed E-state index contributed by atoms with van der Waals surface area (Å²) in [6, 6.07) is 4.96. The smallest absolute Gasteiger partial charge is 0.0701 e. The summed E-state index contributed by atoms with van der Waals surface area (Å²) in [7, 11) is 2.08. The zero-order chi connectivity index (χ0) is 11.4. The Morgan fingerprint density at radius 1 is 1.38 bits per heavy atom. The number of nitrogens with one attached hydrogen (secondary N) is 1. The third kappa shape index (κ3) is 3.31. The van der Waals surface area contributed by atoms with Crippen LogP contribution in [-0.2, 0) is 0 Å². The van der Waals surface area contributed by atoms with Gasteiger partial charge in [-0.2, -0.15) is 0 Å². The Bertz CT molecular complexity index is 317. The Morgan fingerprint density at radius 3 is 2.69 bits per heavy atom. The third-order valence-electron chi connectivity index (χ3n) is 3.58. The SMILES string of the molecule is CNC(CC1CCCCC1)c1ccc(Br)s1. The van der Waals surface area contributed by atoms with Crippen LogP contribution in [0.2, 0.25) is 0 Å². The van der Waals surface area contributed by atoms with Crippen LogP contribution in [0, 0.1) is 5.92 Å². The van der Waals surface area contributed by atoms with E-state index in [9.17, 15) is 0 Å². The maximum Gasteiger partial charge on any atom is 0.0701 e. The van der Waals surface area contributed by atoms with E-state index in [0.29, 0.717) is 6.04 Å². The van der Waals surface area contributed by atoms with Crippen molar-refractivity contribution >= 4 is 27.3 Å². The molecule has 1 heterocycles. The van der Waals surface area contributed by atoms with Crippen molar-refractivity contribution in [2.45, 2.75) is 44.6 Å². The monoisotopic (exact) mass is 301 g/mol. The Kier molecular flexibility index (Phi) is 4.86. The predicted octanol–water partition coefficient (Wildman–Crippen LogP) is 4.74. The van der Waals surface area contributed by atoms with E-state index in [1.54, 1.807) is 0 Å². The van der Waals surface area contributed by atoms with Gasteiger partial charge in [-0.1, -0.05) is 32.1 Å². The van der Waals surface area contributed by atoms with Crippen molar-refractivity contribution in [1.82, 2.24) is 5.32 Å². The van der Waals surface area contributed by atoms with Crippen LogP contribution in [0.15, 0.2) is 15.9 Å². The molecule has 1 N–H and O–H groups in total. The molecule has 0 radical (unpaired) electrons. The molecule has 0 spiro atoms. The minimum atomic E-state index is 0.555. The average molecular weight is 302 g/mol. The lowest BCUT2D eigenvalue weighted by Crippen LogP contribution is -2.20. The molecule has 0 bridgehead atoms. The molecule has 0 aromatic carbocycles. The van der Waals surface area contributed by atoms with E-state index >= 15 is 0 Å². The fourth-order valence-corrected chi connectivity index (χ4v) is 4.19. The topological polar surface area (TPSA) is 12.0 Å². The molecule has 1 aliphatic carbocycles. The van der Waals surface area contributed by atoms with Gasteiger partial charge in [0, 0.05) is 10.9 Å². The van der Waals surface area contributed by atoms with Gasteiger partial charge in [-0.3, -0.25) is 0 Å². The molecule has 90 valence electrons. The van der Waals surface area contributed by atoms with Crippen LogP contribution >= 0.6 is 27.3 Å². The van der Waals surface area contributed by atoms with Crippen molar-refractivity contribution in [1.29, 1.82) is 0 Å². The molecular weight excluding hydrogens is 282 g/mol. The summed E-state index contributed by atoms with van der Waals surface area (Å²) in [4.78, 5) is 1.47. The van der Waals surface area contributed by atoms with E-state index in [-0.39, 0.29) is 0 Å². The average Bonchev–Trinajstić information content (AvgIpc) is 2.74. The fourth-order valence-electron chi connectivity index (χ4n) is 2.65.